The minimum Gasteiger partial charge on any atom is -0.483 e. The molecule has 2 rings (SSSR count). The molecule has 132 valence electrons. The summed E-state index contributed by atoms with van der Waals surface area (Å²) in [6.45, 7) is 3.39. The van der Waals surface area contributed by atoms with Gasteiger partial charge in [-0.05, 0) is 65.8 Å². The van der Waals surface area contributed by atoms with Crippen molar-refractivity contribution in [3.05, 3.63) is 51.9 Å². The van der Waals surface area contributed by atoms with Crippen molar-refractivity contribution in [2.45, 2.75) is 13.8 Å². The van der Waals surface area contributed by atoms with Gasteiger partial charge in [0.05, 0.1) is 16.3 Å². The Bertz CT molecular complexity index is 806. The number of aryl methyl sites for hydroxylation is 2. The second-order valence-corrected chi connectivity index (χ2v) is 6.33. The summed E-state index contributed by atoms with van der Waals surface area (Å²) in [6, 6.07) is 7.04. The van der Waals surface area contributed by atoms with Crippen LogP contribution in [0.4, 0.5) is 0 Å². The number of amides is 2. The standard InChI is InChI=1S/C16H16BrN3O4S/c1-9-3-4-13(12(17)7-9)24-8-14(21)18-16(25)20-19-15(22)11-5-6-23-10(11)2/h3-7H,8H2,1-2H3,(H,19,22)(H2,18,20,21,25). The molecule has 1 aromatic heterocycles. The lowest BCUT2D eigenvalue weighted by atomic mass is 10.2. The zero-order valence-electron chi connectivity index (χ0n) is 13.5. The molecule has 0 unspecified atom stereocenters. The number of carbonyl (C=O) groups excluding carboxylic acids is 2. The smallest absolute Gasteiger partial charge is 0.273 e. The van der Waals surface area contributed by atoms with Crippen molar-refractivity contribution in [3.8, 4) is 5.75 Å². The lowest BCUT2D eigenvalue weighted by molar-refractivity contribution is -0.121. The van der Waals surface area contributed by atoms with Crippen LogP contribution in [0.1, 0.15) is 21.7 Å². The van der Waals surface area contributed by atoms with Crippen LogP contribution in [0.3, 0.4) is 0 Å². The molecule has 0 spiro atoms. The summed E-state index contributed by atoms with van der Waals surface area (Å²) in [5, 5.41) is 2.35. The van der Waals surface area contributed by atoms with Gasteiger partial charge in [0, 0.05) is 0 Å². The number of hydrogen-bond acceptors (Lipinski definition) is 5. The normalized spacial score (nSPS) is 10.0. The van der Waals surface area contributed by atoms with E-state index in [0.717, 1.165) is 10.0 Å². The molecule has 9 heteroatoms. The number of halogens is 1. The Morgan fingerprint density at radius 2 is 2.00 bits per heavy atom. The van der Waals surface area contributed by atoms with E-state index >= 15 is 0 Å². The van der Waals surface area contributed by atoms with Crippen molar-refractivity contribution in [1.82, 2.24) is 16.2 Å². The summed E-state index contributed by atoms with van der Waals surface area (Å²) in [4.78, 5) is 23.7. The van der Waals surface area contributed by atoms with E-state index in [2.05, 4.69) is 32.1 Å². The Kier molecular flexibility index (Phi) is 6.54. The van der Waals surface area contributed by atoms with Gasteiger partial charge in [-0.2, -0.15) is 0 Å². The molecule has 0 aliphatic rings. The minimum absolute atomic E-state index is 0.0499. The first-order chi connectivity index (χ1) is 11.9. The molecule has 7 nitrogen and oxygen atoms in total. The number of benzene rings is 1. The SMILES string of the molecule is Cc1ccc(OCC(=O)NC(=S)NNC(=O)c2ccoc2C)c(Br)c1. The molecule has 0 radical (unpaired) electrons. The average Bonchev–Trinajstić information content (AvgIpc) is 2.98. The van der Waals surface area contributed by atoms with Gasteiger partial charge < -0.3 is 9.15 Å². The van der Waals surface area contributed by atoms with Crippen molar-refractivity contribution in [2.24, 2.45) is 0 Å². The quantitative estimate of drug-likeness (QED) is 0.514. The summed E-state index contributed by atoms with van der Waals surface area (Å²) < 4.78 is 11.2. The molecule has 0 aliphatic heterocycles. The van der Waals surface area contributed by atoms with Crippen molar-refractivity contribution in [2.75, 3.05) is 6.61 Å². The Hall–Kier alpha value is -2.39. The fourth-order valence-electron chi connectivity index (χ4n) is 1.86. The third-order valence-electron chi connectivity index (χ3n) is 3.09. The number of thiocarbonyl (C=S) groups is 1. The maximum Gasteiger partial charge on any atom is 0.273 e. The van der Waals surface area contributed by atoms with Crippen LogP contribution >= 0.6 is 28.1 Å². The third-order valence-corrected chi connectivity index (χ3v) is 3.92. The van der Waals surface area contributed by atoms with Gasteiger partial charge in [0.15, 0.2) is 11.7 Å². The van der Waals surface area contributed by atoms with Crippen LogP contribution in [0.2, 0.25) is 0 Å². The van der Waals surface area contributed by atoms with E-state index in [1.165, 1.54) is 12.3 Å². The molecule has 1 heterocycles. The molecule has 0 saturated heterocycles. The van der Waals surface area contributed by atoms with Crippen LogP contribution in [0.5, 0.6) is 5.75 Å². The highest BCUT2D eigenvalue weighted by Gasteiger charge is 2.12. The maximum atomic E-state index is 11.9. The van der Waals surface area contributed by atoms with Gasteiger partial charge in [0.1, 0.15) is 11.5 Å². The highest BCUT2D eigenvalue weighted by Crippen LogP contribution is 2.25. The zero-order valence-corrected chi connectivity index (χ0v) is 15.9. The van der Waals surface area contributed by atoms with Gasteiger partial charge in [0.2, 0.25) is 0 Å². The van der Waals surface area contributed by atoms with Gasteiger partial charge >= 0.3 is 0 Å². The van der Waals surface area contributed by atoms with E-state index in [-0.39, 0.29) is 11.7 Å². The maximum absolute atomic E-state index is 11.9. The van der Waals surface area contributed by atoms with Crippen LogP contribution in [0.25, 0.3) is 0 Å². The van der Waals surface area contributed by atoms with Crippen LogP contribution in [0.15, 0.2) is 39.4 Å². The first kappa shape index (κ1) is 18.9. The van der Waals surface area contributed by atoms with Crippen LogP contribution in [-0.4, -0.2) is 23.5 Å². The summed E-state index contributed by atoms with van der Waals surface area (Å²) in [5.41, 5.74) is 6.24. The monoisotopic (exact) mass is 425 g/mol. The summed E-state index contributed by atoms with van der Waals surface area (Å²) in [6.07, 6.45) is 1.41. The Balaban J connectivity index is 1.75. The number of furan rings is 1. The summed E-state index contributed by atoms with van der Waals surface area (Å²) in [7, 11) is 0. The third kappa shape index (κ3) is 5.57. The van der Waals surface area contributed by atoms with E-state index in [4.69, 9.17) is 21.4 Å². The molecule has 2 aromatic rings. The highest BCUT2D eigenvalue weighted by molar-refractivity contribution is 9.10. The molecule has 0 bridgehead atoms. The molecular weight excluding hydrogens is 410 g/mol. The van der Waals surface area contributed by atoms with E-state index in [1.54, 1.807) is 13.0 Å². The van der Waals surface area contributed by atoms with Crippen molar-refractivity contribution >= 4 is 45.1 Å². The Morgan fingerprint density at radius 3 is 2.64 bits per heavy atom. The molecule has 0 aliphatic carbocycles. The minimum atomic E-state index is -0.460. The van der Waals surface area contributed by atoms with Crippen molar-refractivity contribution in [3.63, 3.8) is 0 Å². The number of nitrogens with one attached hydrogen (secondary N) is 3. The van der Waals surface area contributed by atoms with E-state index in [1.807, 2.05) is 19.1 Å². The van der Waals surface area contributed by atoms with E-state index < -0.39 is 11.8 Å². The topological polar surface area (TPSA) is 92.6 Å². The first-order valence-corrected chi connectivity index (χ1v) is 8.40. The van der Waals surface area contributed by atoms with Gasteiger partial charge in [-0.25, -0.2) is 0 Å². The predicted molar refractivity (Wildman–Crippen MR) is 99.2 cm³/mol. The fourth-order valence-corrected chi connectivity index (χ4v) is 2.63. The van der Waals surface area contributed by atoms with Gasteiger partial charge in [0.25, 0.3) is 11.8 Å². The molecule has 0 saturated carbocycles. The van der Waals surface area contributed by atoms with Gasteiger partial charge in [-0.15, -0.1) is 0 Å². The molecule has 0 atom stereocenters. The fraction of sp³-hybridized carbons (Fsp3) is 0.188. The number of hydrogen-bond donors (Lipinski definition) is 3. The van der Waals surface area contributed by atoms with E-state index in [9.17, 15) is 9.59 Å². The molecule has 3 N–H and O–H groups in total. The Morgan fingerprint density at radius 1 is 1.24 bits per heavy atom. The molecule has 0 fully saturated rings. The molecule has 2 amide bonds. The second-order valence-electron chi connectivity index (χ2n) is 5.07. The van der Waals surface area contributed by atoms with Crippen LogP contribution < -0.4 is 20.9 Å². The largest absolute Gasteiger partial charge is 0.483 e. The number of carbonyl (C=O) groups is 2. The van der Waals surface area contributed by atoms with Crippen LogP contribution in [0, 0.1) is 13.8 Å². The predicted octanol–water partition coefficient (Wildman–Crippen LogP) is 2.37. The summed E-state index contributed by atoms with van der Waals surface area (Å²) >= 11 is 8.30. The zero-order chi connectivity index (χ0) is 18.4. The lowest BCUT2D eigenvalue weighted by Gasteiger charge is -2.12. The average molecular weight is 426 g/mol. The second kappa shape index (κ2) is 8.63. The number of rotatable bonds is 4. The Labute approximate surface area is 158 Å². The number of ether oxygens (including phenoxy) is 1. The van der Waals surface area contributed by atoms with E-state index in [0.29, 0.717) is 17.1 Å². The number of hydrazine groups is 1. The highest BCUT2D eigenvalue weighted by atomic mass is 79.9. The molecule has 25 heavy (non-hydrogen) atoms. The van der Waals surface area contributed by atoms with Crippen LogP contribution in [-0.2, 0) is 4.79 Å². The van der Waals surface area contributed by atoms with Crippen molar-refractivity contribution < 1.29 is 18.7 Å². The van der Waals surface area contributed by atoms with Gasteiger partial charge in [-0.3, -0.25) is 25.8 Å². The molecular formula is C16H16BrN3O4S. The van der Waals surface area contributed by atoms with Gasteiger partial charge in [-0.1, -0.05) is 6.07 Å². The van der Waals surface area contributed by atoms with Crippen molar-refractivity contribution in [1.29, 1.82) is 0 Å². The summed E-state index contributed by atoms with van der Waals surface area (Å²) in [5.74, 6) is 0.135. The lowest BCUT2D eigenvalue weighted by Crippen LogP contribution is -2.49. The first-order valence-electron chi connectivity index (χ1n) is 7.20. The molecule has 1 aromatic carbocycles.